The van der Waals surface area contributed by atoms with Crippen molar-refractivity contribution in [2.24, 2.45) is 0 Å². The molecule has 11 N–H and O–H groups in total. The molecule has 1 aliphatic heterocycles. The number of phosphoric ester groups is 1. The fourth-order valence-corrected chi connectivity index (χ4v) is 10.9. The third-order valence-corrected chi connectivity index (χ3v) is 15.4. The van der Waals surface area contributed by atoms with Crippen LogP contribution in [0.4, 0.5) is 16.4 Å². The average molecular weight is 1110 g/mol. The number of nitrogens with two attached hydrogens (primary N) is 1. The Bertz CT molecular complexity index is 3250. The number of nitrogens with zero attached hydrogens (tertiary/aromatic N) is 5. The van der Waals surface area contributed by atoms with Crippen molar-refractivity contribution in [3.05, 3.63) is 81.0 Å². The Morgan fingerprint density at radius 1 is 0.986 bits per heavy atom. The lowest BCUT2D eigenvalue weighted by atomic mass is 10.1. The van der Waals surface area contributed by atoms with Crippen LogP contribution in [0.25, 0.3) is 34.3 Å². The molecule has 1 fully saturated rings. The number of aromatic nitrogens is 5. The Labute approximate surface area is 412 Å². The van der Waals surface area contributed by atoms with Crippen molar-refractivity contribution in [3.8, 4) is 0 Å². The fraction of sp³-hybridized carbons (Fsp3) is 0.410. The molecule has 4 aromatic heterocycles. The number of aromatic amines is 1. The summed E-state index contributed by atoms with van der Waals surface area (Å²) in [7, 11) is -21.9. The number of fused-ring (bicyclic) bond motifs is 2. The van der Waals surface area contributed by atoms with Gasteiger partial charge in [-0.2, -0.15) is 26.6 Å². The van der Waals surface area contributed by atoms with E-state index in [0.29, 0.717) is 35.9 Å². The number of ether oxygens (including phenoxy) is 2. The summed E-state index contributed by atoms with van der Waals surface area (Å²) in [6.07, 6.45) is -1.44. The Kier molecular flexibility index (Phi) is 18.3. The molecule has 1 saturated heterocycles. The summed E-state index contributed by atoms with van der Waals surface area (Å²) >= 11 is 0. The summed E-state index contributed by atoms with van der Waals surface area (Å²) in [6, 6.07) is 9.97. The van der Waals surface area contributed by atoms with Gasteiger partial charge in [-0.15, -0.1) is 0 Å². The number of anilines is 2. The lowest BCUT2D eigenvalue weighted by molar-refractivity contribution is -0.700. The normalized spacial score (nSPS) is 19.0. The number of benzene rings is 1. The molecule has 398 valence electrons. The number of H-pyrrole nitrogens is 1. The standard InChI is InChI=1S/C39H50N9O21P3S/c1-3-46(4-2)26-12-9-23-18-24(37(52)66-28(23)19-26)10-11-25-13-14-27(73(61,62)63)20-47(25)17-7-5-6-8-30(49)41-15-16-42-39(53)67-33-32(50)29(21-64-71(57,58)69-72(59,60)68-70(54,55)56)65-36(33)48-22-43-31-34(48)44-38(40)45-35(31)51/h9-14,18-20,22,29,32-33,36,50H,3-8,15-17,21H2,1-2H3,(H9-,40,41,42,44,45,49,51,53,54,55,56,57,58,59,60,61,62,63)/p+1/t29-,32-,33-,36-/m1/s1. The van der Waals surface area contributed by atoms with Crippen LogP contribution >= 0.6 is 23.5 Å². The highest BCUT2D eigenvalue weighted by molar-refractivity contribution is 7.85. The zero-order valence-corrected chi connectivity index (χ0v) is 42.0. The first kappa shape index (κ1) is 56.5. The molecule has 5 heterocycles. The number of hydrogen-bond donors (Lipinski definition) is 10. The molecule has 0 bridgehead atoms. The summed E-state index contributed by atoms with van der Waals surface area (Å²) < 4.78 is 100. The first-order chi connectivity index (χ1) is 34.3. The van der Waals surface area contributed by atoms with Gasteiger partial charge in [0.2, 0.25) is 17.5 Å². The minimum atomic E-state index is -5.91. The van der Waals surface area contributed by atoms with E-state index in [-0.39, 0.29) is 53.6 Å². The number of alkyl carbamates (subject to hydrolysis) is 1. The molecule has 2 unspecified atom stereocenters. The van der Waals surface area contributed by atoms with E-state index in [1.807, 2.05) is 26.0 Å². The molecule has 0 radical (unpaired) electrons. The van der Waals surface area contributed by atoms with Crippen molar-refractivity contribution < 1.29 is 92.5 Å². The van der Waals surface area contributed by atoms with Crippen molar-refractivity contribution in [1.82, 2.24) is 30.2 Å². The maximum Gasteiger partial charge on any atom is 0.490 e. The summed E-state index contributed by atoms with van der Waals surface area (Å²) in [6.45, 7) is 4.35. The number of pyridine rings is 1. The number of phosphoric acid groups is 3. The fourth-order valence-electron chi connectivity index (χ4n) is 7.40. The number of aliphatic hydroxyl groups excluding tert-OH is 1. The SMILES string of the molecule is CCN(CC)c1ccc2cc(/C=C/c3ccc(S(=O)(=O)O)c[n+]3CCCCCC(=O)NCCNC(=O)O[C@@H]3[C@H](O)[C@@H](COP(=O)(O)OP(=O)(O)OP(=O)(O)O)O[C@H]3n3cnc4c(=O)[nH]c(N)nc43)c(=O)oc2c1. The van der Waals surface area contributed by atoms with Gasteiger partial charge in [-0.3, -0.25) is 28.2 Å². The predicted molar refractivity (Wildman–Crippen MR) is 253 cm³/mol. The largest absolute Gasteiger partial charge is 0.490 e. The number of aryl methyl sites for hydroxylation is 1. The number of rotatable bonds is 24. The molecular weight excluding hydrogens is 1060 g/mol. The minimum Gasteiger partial charge on any atom is -0.439 e. The maximum absolute atomic E-state index is 13.0. The van der Waals surface area contributed by atoms with E-state index in [0.717, 1.165) is 29.7 Å². The van der Waals surface area contributed by atoms with E-state index in [1.54, 1.807) is 22.8 Å². The average Bonchev–Trinajstić information content (AvgIpc) is 3.85. The monoisotopic (exact) mass is 1110 g/mol. The van der Waals surface area contributed by atoms with Gasteiger partial charge < -0.3 is 59.8 Å². The van der Waals surface area contributed by atoms with Gasteiger partial charge >= 0.3 is 35.2 Å². The van der Waals surface area contributed by atoms with Gasteiger partial charge in [0.05, 0.1) is 18.5 Å². The van der Waals surface area contributed by atoms with E-state index in [1.165, 1.54) is 24.4 Å². The van der Waals surface area contributed by atoms with Crippen molar-refractivity contribution >= 4 is 91.5 Å². The predicted octanol–water partition coefficient (Wildman–Crippen LogP) is 1.43. The van der Waals surface area contributed by atoms with Crippen LogP contribution in [-0.2, 0) is 57.8 Å². The van der Waals surface area contributed by atoms with Crippen LogP contribution < -0.4 is 37.0 Å². The molecule has 1 aliphatic rings. The molecule has 2 amide bonds. The Morgan fingerprint density at radius 3 is 2.41 bits per heavy atom. The van der Waals surface area contributed by atoms with Crippen LogP contribution in [0.5, 0.6) is 0 Å². The molecule has 5 aromatic rings. The maximum atomic E-state index is 13.0. The second kappa shape index (κ2) is 23.6. The van der Waals surface area contributed by atoms with E-state index in [4.69, 9.17) is 29.4 Å². The second-order valence-electron chi connectivity index (χ2n) is 15.9. The highest BCUT2D eigenvalue weighted by Gasteiger charge is 2.50. The molecule has 0 aliphatic carbocycles. The number of aliphatic hydroxyl groups is 1. The highest BCUT2D eigenvalue weighted by Crippen LogP contribution is 2.66. The zero-order valence-electron chi connectivity index (χ0n) is 38.5. The first-order valence-electron chi connectivity index (χ1n) is 21.8. The van der Waals surface area contributed by atoms with E-state index in [9.17, 15) is 60.7 Å². The number of carbonyl (C=O) groups excluding carboxylic acids is 2. The smallest absolute Gasteiger partial charge is 0.439 e. The van der Waals surface area contributed by atoms with Gasteiger partial charge in [0.15, 0.2) is 34.6 Å². The van der Waals surface area contributed by atoms with Crippen molar-refractivity contribution in [1.29, 1.82) is 0 Å². The van der Waals surface area contributed by atoms with Gasteiger partial charge in [0, 0.05) is 68.3 Å². The first-order valence-corrected chi connectivity index (χ1v) is 27.8. The molecule has 73 heavy (non-hydrogen) atoms. The molecule has 30 nitrogen and oxygen atoms in total. The number of amides is 2. The number of carbonyl (C=O) groups is 2. The number of hydrogen-bond acceptors (Lipinski definition) is 20. The molecular formula is C39H51N9O21P3S+. The summed E-state index contributed by atoms with van der Waals surface area (Å²) in [5.41, 5.74) is 5.88. The van der Waals surface area contributed by atoms with Crippen LogP contribution in [0.1, 0.15) is 57.0 Å². The molecule has 6 atom stereocenters. The minimum absolute atomic E-state index is 0.0520. The number of nitrogens with one attached hydrogen (secondary N) is 3. The third kappa shape index (κ3) is 15.4. The van der Waals surface area contributed by atoms with Crippen LogP contribution in [0.3, 0.4) is 0 Å². The van der Waals surface area contributed by atoms with Crippen LogP contribution in [0, 0.1) is 0 Å². The van der Waals surface area contributed by atoms with Gasteiger partial charge in [0.1, 0.15) is 24.3 Å². The van der Waals surface area contributed by atoms with Crippen LogP contribution in [-0.4, -0.2) is 120 Å². The zero-order chi connectivity index (χ0) is 53.5. The highest BCUT2D eigenvalue weighted by atomic mass is 32.2. The second-order valence-corrected chi connectivity index (χ2v) is 21.7. The summed E-state index contributed by atoms with van der Waals surface area (Å²) in [4.78, 5) is 99.9. The lowest BCUT2D eigenvalue weighted by Crippen LogP contribution is -2.41. The molecule has 34 heteroatoms. The topological polar surface area (TPSA) is 438 Å². The lowest BCUT2D eigenvalue weighted by Gasteiger charge is -2.22. The molecule has 1 aromatic carbocycles. The molecule has 0 spiro atoms. The van der Waals surface area contributed by atoms with Gasteiger partial charge in [-0.25, -0.2) is 28.3 Å². The number of unbranched alkanes of at least 4 members (excludes halogenated alkanes) is 2. The Balaban J connectivity index is 1.00. The third-order valence-electron chi connectivity index (χ3n) is 10.8. The number of imidazole rings is 1. The van der Waals surface area contributed by atoms with E-state index in [2.05, 4.69) is 43.6 Å². The van der Waals surface area contributed by atoms with Gasteiger partial charge in [0.25, 0.3) is 15.7 Å². The Hall–Kier alpha value is -5.75. The van der Waals surface area contributed by atoms with Crippen LogP contribution in [0.15, 0.2) is 67.8 Å². The molecule has 0 saturated carbocycles. The van der Waals surface area contributed by atoms with Crippen molar-refractivity contribution in [2.45, 2.75) is 75.5 Å². The molecule has 6 rings (SSSR count). The Morgan fingerprint density at radius 2 is 1.71 bits per heavy atom. The van der Waals surface area contributed by atoms with E-state index < -0.39 is 87.9 Å². The summed E-state index contributed by atoms with van der Waals surface area (Å²) in [5, 5.41) is 16.8. The van der Waals surface area contributed by atoms with Crippen LogP contribution in [0.2, 0.25) is 0 Å². The van der Waals surface area contributed by atoms with Crippen molar-refractivity contribution in [3.63, 3.8) is 0 Å². The summed E-state index contributed by atoms with van der Waals surface area (Å²) in [5.74, 6) is -0.771. The van der Waals surface area contributed by atoms with Gasteiger partial charge in [-0.1, -0.05) is 0 Å². The number of nitrogen functional groups attached to an aromatic ring is 1. The van der Waals surface area contributed by atoms with Crippen molar-refractivity contribution in [2.75, 3.05) is 43.4 Å². The van der Waals surface area contributed by atoms with E-state index >= 15 is 0 Å². The quantitative estimate of drug-likeness (QED) is 0.0137. The van der Waals surface area contributed by atoms with Gasteiger partial charge in [-0.05, 0) is 57.0 Å².